The number of anilines is 1. The van der Waals surface area contributed by atoms with Crippen LogP contribution in [0.15, 0.2) is 42.5 Å². The maximum absolute atomic E-state index is 13.1. The summed E-state index contributed by atoms with van der Waals surface area (Å²) in [5, 5.41) is 6.84. The van der Waals surface area contributed by atoms with Crippen molar-refractivity contribution in [2.45, 2.75) is 26.3 Å². The summed E-state index contributed by atoms with van der Waals surface area (Å²) < 4.78 is 13.1. The van der Waals surface area contributed by atoms with E-state index < -0.39 is 5.82 Å². The van der Waals surface area contributed by atoms with Crippen molar-refractivity contribution in [1.82, 2.24) is 5.32 Å². The van der Waals surface area contributed by atoms with Gasteiger partial charge in [-0.2, -0.15) is 0 Å². The van der Waals surface area contributed by atoms with Gasteiger partial charge in [-0.3, -0.25) is 0 Å². The molecule has 2 nitrogen and oxygen atoms in total. The second-order valence-corrected chi connectivity index (χ2v) is 5.91. The van der Waals surface area contributed by atoms with Gasteiger partial charge in [0.1, 0.15) is 5.82 Å². The molecule has 0 radical (unpaired) electrons. The van der Waals surface area contributed by atoms with E-state index in [0.29, 0.717) is 10.8 Å². The molecule has 0 bridgehead atoms. The number of hydrogen-bond donors (Lipinski definition) is 2. The first kappa shape index (κ1) is 16.7. The normalized spacial score (nSPS) is 11.8. The van der Waals surface area contributed by atoms with Crippen LogP contribution < -0.4 is 10.6 Å². The standard InChI is InChI=1S/C17H18ClFN2S/c1-3-16(12-6-4-11(2)5-7-12)21-17(22)20-13-8-9-15(19)14(18)10-13/h4-10,16H,3H2,1-2H3,(H2,20,21,22)/t16-/m1/s1. The Morgan fingerprint density at radius 2 is 1.91 bits per heavy atom. The molecule has 0 aliphatic rings. The highest BCUT2D eigenvalue weighted by Gasteiger charge is 2.11. The summed E-state index contributed by atoms with van der Waals surface area (Å²) in [7, 11) is 0. The number of rotatable bonds is 4. The monoisotopic (exact) mass is 336 g/mol. The summed E-state index contributed by atoms with van der Waals surface area (Å²) in [6.07, 6.45) is 0.898. The third kappa shape index (κ3) is 4.42. The van der Waals surface area contributed by atoms with Crippen molar-refractivity contribution in [3.05, 3.63) is 64.4 Å². The van der Waals surface area contributed by atoms with Gasteiger partial charge in [-0.1, -0.05) is 48.4 Å². The topological polar surface area (TPSA) is 24.1 Å². The first-order valence-corrected chi connectivity index (χ1v) is 7.87. The van der Waals surface area contributed by atoms with E-state index in [1.54, 1.807) is 6.07 Å². The van der Waals surface area contributed by atoms with Gasteiger partial charge in [0, 0.05) is 5.69 Å². The third-order valence-corrected chi connectivity index (χ3v) is 3.88. The molecular weight excluding hydrogens is 319 g/mol. The van der Waals surface area contributed by atoms with Gasteiger partial charge in [-0.05, 0) is 49.3 Å². The molecule has 2 rings (SSSR count). The minimum absolute atomic E-state index is 0.0679. The van der Waals surface area contributed by atoms with Crippen LogP contribution in [0.1, 0.15) is 30.5 Å². The zero-order valence-corrected chi connectivity index (χ0v) is 14.1. The Labute approximate surface area is 140 Å². The van der Waals surface area contributed by atoms with E-state index in [2.05, 4.69) is 48.7 Å². The highest BCUT2D eigenvalue weighted by atomic mass is 35.5. The van der Waals surface area contributed by atoms with Gasteiger partial charge in [0.25, 0.3) is 0 Å². The number of nitrogens with one attached hydrogen (secondary N) is 2. The predicted molar refractivity (Wildman–Crippen MR) is 95.0 cm³/mol. The van der Waals surface area contributed by atoms with Gasteiger partial charge in [0.05, 0.1) is 11.1 Å². The van der Waals surface area contributed by atoms with Crippen LogP contribution in [0.25, 0.3) is 0 Å². The van der Waals surface area contributed by atoms with Gasteiger partial charge < -0.3 is 10.6 Å². The van der Waals surface area contributed by atoms with Gasteiger partial charge in [-0.25, -0.2) is 4.39 Å². The Bertz CT molecular complexity index is 658. The average molecular weight is 337 g/mol. The molecule has 0 saturated heterocycles. The molecule has 0 aromatic heterocycles. The maximum Gasteiger partial charge on any atom is 0.171 e. The lowest BCUT2D eigenvalue weighted by atomic mass is 10.0. The summed E-state index contributed by atoms with van der Waals surface area (Å²) in [6.45, 7) is 4.15. The van der Waals surface area contributed by atoms with Crippen LogP contribution in [0.2, 0.25) is 5.02 Å². The molecule has 0 saturated carbocycles. The Hall–Kier alpha value is -1.65. The van der Waals surface area contributed by atoms with Gasteiger partial charge in [-0.15, -0.1) is 0 Å². The molecule has 1 atom stereocenters. The van der Waals surface area contributed by atoms with Crippen molar-refractivity contribution in [2.24, 2.45) is 0 Å². The third-order valence-electron chi connectivity index (χ3n) is 3.37. The summed E-state index contributed by atoms with van der Waals surface area (Å²) in [4.78, 5) is 0. The number of aryl methyl sites for hydroxylation is 1. The molecule has 0 amide bonds. The summed E-state index contributed by atoms with van der Waals surface area (Å²) in [6, 6.07) is 12.9. The van der Waals surface area contributed by atoms with Crippen LogP contribution in [0.4, 0.5) is 10.1 Å². The molecule has 0 unspecified atom stereocenters. The van der Waals surface area contributed by atoms with Gasteiger partial charge in [0.15, 0.2) is 5.11 Å². The summed E-state index contributed by atoms with van der Waals surface area (Å²) in [5.41, 5.74) is 3.05. The van der Waals surface area contributed by atoms with Crippen LogP contribution in [0.3, 0.4) is 0 Å². The fourth-order valence-corrected chi connectivity index (χ4v) is 2.56. The highest BCUT2D eigenvalue weighted by Crippen LogP contribution is 2.20. The summed E-state index contributed by atoms with van der Waals surface area (Å²) >= 11 is 11.1. The molecule has 2 aromatic carbocycles. The van der Waals surface area contributed by atoms with Crippen molar-refractivity contribution < 1.29 is 4.39 Å². The smallest absolute Gasteiger partial charge is 0.171 e. The molecule has 2 aromatic rings. The Kier molecular flexibility index (Phi) is 5.75. The zero-order valence-electron chi connectivity index (χ0n) is 12.5. The second kappa shape index (κ2) is 7.56. The van der Waals surface area contributed by atoms with Crippen molar-refractivity contribution >= 4 is 34.6 Å². The molecule has 0 aliphatic heterocycles. The fourth-order valence-electron chi connectivity index (χ4n) is 2.12. The fraction of sp³-hybridized carbons (Fsp3) is 0.235. The molecule has 0 fully saturated rings. The molecule has 2 N–H and O–H groups in total. The Balaban J connectivity index is 2.02. The SMILES string of the molecule is CC[C@@H](NC(=S)Nc1ccc(F)c(Cl)c1)c1ccc(C)cc1. The molecule has 0 aliphatic carbocycles. The van der Waals surface area contributed by atoms with Crippen LogP contribution in [-0.2, 0) is 0 Å². The largest absolute Gasteiger partial charge is 0.356 e. The van der Waals surface area contributed by atoms with E-state index in [0.717, 1.165) is 6.42 Å². The number of hydrogen-bond acceptors (Lipinski definition) is 1. The minimum Gasteiger partial charge on any atom is -0.356 e. The van der Waals surface area contributed by atoms with Crippen molar-refractivity contribution in [3.8, 4) is 0 Å². The quantitative estimate of drug-likeness (QED) is 0.748. The lowest BCUT2D eigenvalue weighted by molar-refractivity contribution is 0.627. The molecule has 22 heavy (non-hydrogen) atoms. The van der Waals surface area contributed by atoms with Crippen LogP contribution in [0, 0.1) is 12.7 Å². The molecule has 5 heteroatoms. The Morgan fingerprint density at radius 3 is 2.50 bits per heavy atom. The maximum atomic E-state index is 13.1. The van der Waals surface area contributed by atoms with Gasteiger partial charge >= 0.3 is 0 Å². The van der Waals surface area contributed by atoms with Crippen LogP contribution in [-0.4, -0.2) is 5.11 Å². The van der Waals surface area contributed by atoms with E-state index in [1.165, 1.54) is 23.3 Å². The number of halogens is 2. The van der Waals surface area contributed by atoms with Crippen LogP contribution >= 0.6 is 23.8 Å². The second-order valence-electron chi connectivity index (χ2n) is 5.10. The molecule has 0 spiro atoms. The predicted octanol–water partition coefficient (Wildman–Crippen LogP) is 5.23. The molecule has 116 valence electrons. The Morgan fingerprint density at radius 1 is 1.23 bits per heavy atom. The highest BCUT2D eigenvalue weighted by molar-refractivity contribution is 7.80. The van der Waals surface area contributed by atoms with Gasteiger partial charge in [0.2, 0.25) is 0 Å². The lowest BCUT2D eigenvalue weighted by Gasteiger charge is -2.20. The lowest BCUT2D eigenvalue weighted by Crippen LogP contribution is -2.32. The van der Waals surface area contributed by atoms with E-state index in [4.69, 9.17) is 23.8 Å². The van der Waals surface area contributed by atoms with Crippen molar-refractivity contribution in [2.75, 3.05) is 5.32 Å². The van der Waals surface area contributed by atoms with E-state index in [9.17, 15) is 4.39 Å². The van der Waals surface area contributed by atoms with E-state index >= 15 is 0 Å². The first-order valence-electron chi connectivity index (χ1n) is 7.08. The molecular formula is C17H18ClFN2S. The van der Waals surface area contributed by atoms with E-state index in [1.807, 2.05) is 0 Å². The number of thiocarbonyl (C=S) groups is 1. The van der Waals surface area contributed by atoms with Crippen LogP contribution in [0.5, 0.6) is 0 Å². The molecule has 0 heterocycles. The zero-order chi connectivity index (χ0) is 16.1. The summed E-state index contributed by atoms with van der Waals surface area (Å²) in [5.74, 6) is -0.447. The first-order chi connectivity index (χ1) is 10.5. The van der Waals surface area contributed by atoms with Crippen molar-refractivity contribution in [3.63, 3.8) is 0 Å². The van der Waals surface area contributed by atoms with E-state index in [-0.39, 0.29) is 11.1 Å². The number of benzene rings is 2. The van der Waals surface area contributed by atoms with Crippen molar-refractivity contribution in [1.29, 1.82) is 0 Å². The average Bonchev–Trinajstić information content (AvgIpc) is 2.49. The minimum atomic E-state index is -0.447.